The minimum absolute atomic E-state index is 0.256. The van der Waals surface area contributed by atoms with Crippen molar-refractivity contribution < 1.29 is 9.53 Å². The van der Waals surface area contributed by atoms with Gasteiger partial charge in [-0.3, -0.25) is 9.48 Å². The molecule has 2 heterocycles. The Labute approximate surface area is 175 Å². The van der Waals surface area contributed by atoms with E-state index in [1.165, 1.54) is 0 Å². The molecule has 6 nitrogen and oxygen atoms in total. The quantitative estimate of drug-likeness (QED) is 0.517. The molecular weight excluding hydrogens is 376 g/mol. The van der Waals surface area contributed by atoms with E-state index in [9.17, 15) is 4.79 Å². The average molecular weight is 398 g/mol. The molecular formula is C24H22N4O2. The van der Waals surface area contributed by atoms with Gasteiger partial charge in [0.25, 0.3) is 5.91 Å². The zero-order valence-electron chi connectivity index (χ0n) is 16.9. The number of aromatic nitrogens is 3. The summed E-state index contributed by atoms with van der Waals surface area (Å²) in [5, 5.41) is 7.62. The Morgan fingerprint density at radius 3 is 2.67 bits per heavy atom. The number of nitrogens with one attached hydrogen (secondary N) is 1. The molecule has 2 aromatic carbocycles. The molecule has 6 heteroatoms. The fourth-order valence-corrected chi connectivity index (χ4v) is 3.21. The third-order valence-electron chi connectivity index (χ3n) is 4.78. The molecule has 2 aromatic heterocycles. The maximum Gasteiger partial charge on any atom is 0.260 e. The van der Waals surface area contributed by atoms with Gasteiger partial charge in [0.2, 0.25) is 0 Å². The maximum atomic E-state index is 13.1. The third kappa shape index (κ3) is 4.22. The highest BCUT2D eigenvalue weighted by Gasteiger charge is 2.19. The first-order valence-corrected chi connectivity index (χ1v) is 9.63. The van der Waals surface area contributed by atoms with Gasteiger partial charge in [0, 0.05) is 18.0 Å². The fraction of sp³-hybridized carbons (Fsp3) is 0.125. The van der Waals surface area contributed by atoms with Crippen LogP contribution in [0.5, 0.6) is 5.75 Å². The molecule has 0 radical (unpaired) electrons. The van der Waals surface area contributed by atoms with Crippen LogP contribution in [0.2, 0.25) is 0 Å². The summed E-state index contributed by atoms with van der Waals surface area (Å²) in [5.41, 5.74) is 3.87. The lowest BCUT2D eigenvalue weighted by molar-refractivity contribution is 0.102. The molecule has 0 saturated carbocycles. The van der Waals surface area contributed by atoms with Gasteiger partial charge in [-0.05, 0) is 36.2 Å². The number of pyridine rings is 1. The molecule has 1 amide bonds. The predicted octanol–water partition coefficient (Wildman–Crippen LogP) is 4.56. The van der Waals surface area contributed by atoms with Crippen LogP contribution in [0.1, 0.15) is 21.5 Å². The van der Waals surface area contributed by atoms with Crippen molar-refractivity contribution in [3.05, 3.63) is 95.8 Å². The van der Waals surface area contributed by atoms with E-state index >= 15 is 0 Å². The van der Waals surface area contributed by atoms with E-state index in [1.54, 1.807) is 24.2 Å². The largest absolute Gasteiger partial charge is 0.497 e. The summed E-state index contributed by atoms with van der Waals surface area (Å²) in [5.74, 6) is 0.987. The summed E-state index contributed by atoms with van der Waals surface area (Å²) < 4.78 is 7.13. The fourth-order valence-electron chi connectivity index (χ4n) is 3.21. The van der Waals surface area contributed by atoms with Crippen molar-refractivity contribution >= 4 is 11.7 Å². The topological polar surface area (TPSA) is 69.0 Å². The van der Waals surface area contributed by atoms with Crippen LogP contribution in [0, 0.1) is 6.92 Å². The number of carbonyl (C=O) groups excluding carboxylic acids is 1. The number of benzene rings is 2. The molecule has 0 aliphatic heterocycles. The highest BCUT2D eigenvalue weighted by molar-refractivity contribution is 6.07. The Morgan fingerprint density at radius 1 is 1.07 bits per heavy atom. The highest BCUT2D eigenvalue weighted by atomic mass is 16.5. The van der Waals surface area contributed by atoms with E-state index in [1.807, 2.05) is 73.7 Å². The van der Waals surface area contributed by atoms with Crippen molar-refractivity contribution in [1.82, 2.24) is 14.8 Å². The summed E-state index contributed by atoms with van der Waals surface area (Å²) in [7, 11) is 1.62. The van der Waals surface area contributed by atoms with E-state index in [0.29, 0.717) is 29.4 Å². The molecule has 0 fully saturated rings. The zero-order chi connectivity index (χ0) is 20.9. The standard InChI is InChI=1S/C24H22N4O2/c1-17-8-7-13-25-23(17)26-24(29)21-16-28(15-18-9-4-3-5-10-18)27-22(21)19-11-6-12-20(14-19)30-2/h3-14,16H,15H2,1-2H3,(H,25,26,29). The van der Waals surface area contributed by atoms with Crippen molar-refractivity contribution in [2.75, 3.05) is 12.4 Å². The Morgan fingerprint density at radius 2 is 1.90 bits per heavy atom. The van der Waals surface area contributed by atoms with Crippen LogP contribution < -0.4 is 10.1 Å². The molecule has 0 unspecified atom stereocenters. The second-order valence-electron chi connectivity index (χ2n) is 6.93. The first kappa shape index (κ1) is 19.4. The van der Waals surface area contributed by atoms with Gasteiger partial charge in [0.15, 0.2) is 0 Å². The van der Waals surface area contributed by atoms with Crippen molar-refractivity contribution in [1.29, 1.82) is 0 Å². The van der Waals surface area contributed by atoms with Crippen LogP contribution in [-0.2, 0) is 6.54 Å². The van der Waals surface area contributed by atoms with E-state index in [-0.39, 0.29) is 5.91 Å². The van der Waals surface area contributed by atoms with E-state index in [4.69, 9.17) is 9.84 Å². The minimum Gasteiger partial charge on any atom is -0.497 e. The number of rotatable bonds is 6. The molecule has 4 rings (SSSR count). The molecule has 0 saturated heterocycles. The molecule has 0 spiro atoms. The van der Waals surface area contributed by atoms with Gasteiger partial charge in [0.1, 0.15) is 17.3 Å². The van der Waals surface area contributed by atoms with Gasteiger partial charge in [0.05, 0.1) is 19.2 Å². The number of hydrogen-bond acceptors (Lipinski definition) is 4. The smallest absolute Gasteiger partial charge is 0.260 e. The van der Waals surface area contributed by atoms with Crippen molar-refractivity contribution in [2.45, 2.75) is 13.5 Å². The Kier molecular flexibility index (Phi) is 5.57. The van der Waals surface area contributed by atoms with Crippen LogP contribution in [0.3, 0.4) is 0 Å². The summed E-state index contributed by atoms with van der Waals surface area (Å²) in [4.78, 5) is 17.4. The van der Waals surface area contributed by atoms with Crippen LogP contribution >= 0.6 is 0 Å². The van der Waals surface area contributed by atoms with E-state index < -0.39 is 0 Å². The van der Waals surface area contributed by atoms with Gasteiger partial charge in [-0.25, -0.2) is 4.98 Å². The van der Waals surface area contributed by atoms with E-state index in [2.05, 4.69) is 10.3 Å². The zero-order valence-corrected chi connectivity index (χ0v) is 16.9. The summed E-state index contributed by atoms with van der Waals surface area (Å²) in [6, 6.07) is 21.3. The number of hydrogen-bond donors (Lipinski definition) is 1. The maximum absolute atomic E-state index is 13.1. The SMILES string of the molecule is COc1cccc(-c2nn(Cc3ccccc3)cc2C(=O)Nc2ncccc2C)c1. The molecule has 0 bridgehead atoms. The molecule has 0 aliphatic carbocycles. The summed E-state index contributed by atoms with van der Waals surface area (Å²) >= 11 is 0. The number of ether oxygens (including phenoxy) is 1. The van der Waals surface area contributed by atoms with Crippen LogP contribution in [0.15, 0.2) is 79.1 Å². The van der Waals surface area contributed by atoms with Crippen LogP contribution in [0.25, 0.3) is 11.3 Å². The molecule has 0 atom stereocenters. The molecule has 150 valence electrons. The van der Waals surface area contributed by atoms with Crippen molar-refractivity contribution in [3.8, 4) is 17.0 Å². The lowest BCUT2D eigenvalue weighted by Gasteiger charge is -2.07. The highest BCUT2D eigenvalue weighted by Crippen LogP contribution is 2.27. The molecule has 4 aromatic rings. The molecule has 1 N–H and O–H groups in total. The second kappa shape index (κ2) is 8.61. The van der Waals surface area contributed by atoms with Crippen LogP contribution in [0.4, 0.5) is 5.82 Å². The third-order valence-corrected chi connectivity index (χ3v) is 4.78. The first-order valence-electron chi connectivity index (χ1n) is 9.63. The predicted molar refractivity (Wildman–Crippen MR) is 117 cm³/mol. The lowest BCUT2D eigenvalue weighted by atomic mass is 10.1. The van der Waals surface area contributed by atoms with Gasteiger partial charge < -0.3 is 10.1 Å². The molecule has 30 heavy (non-hydrogen) atoms. The monoisotopic (exact) mass is 398 g/mol. The van der Waals surface area contributed by atoms with Crippen molar-refractivity contribution in [2.24, 2.45) is 0 Å². The van der Waals surface area contributed by atoms with Crippen LogP contribution in [-0.4, -0.2) is 27.8 Å². The van der Waals surface area contributed by atoms with Gasteiger partial charge in [-0.2, -0.15) is 5.10 Å². The summed E-state index contributed by atoms with van der Waals surface area (Å²) in [6.45, 7) is 2.47. The summed E-state index contributed by atoms with van der Waals surface area (Å²) in [6.07, 6.45) is 3.43. The number of amides is 1. The van der Waals surface area contributed by atoms with E-state index in [0.717, 1.165) is 16.7 Å². The Hall–Kier alpha value is -3.93. The number of nitrogens with zero attached hydrogens (tertiary/aromatic N) is 3. The molecule has 0 aliphatic rings. The van der Waals surface area contributed by atoms with Gasteiger partial charge >= 0.3 is 0 Å². The normalized spacial score (nSPS) is 10.6. The first-order chi connectivity index (χ1) is 14.6. The average Bonchev–Trinajstić information content (AvgIpc) is 3.20. The van der Waals surface area contributed by atoms with Gasteiger partial charge in [-0.15, -0.1) is 0 Å². The minimum atomic E-state index is -0.256. The van der Waals surface area contributed by atoms with Gasteiger partial charge in [-0.1, -0.05) is 48.5 Å². The number of aryl methyl sites for hydroxylation is 1. The number of methoxy groups -OCH3 is 1. The lowest BCUT2D eigenvalue weighted by Crippen LogP contribution is -2.14. The number of anilines is 1. The Bertz CT molecular complexity index is 1170. The Balaban J connectivity index is 1.72. The van der Waals surface area contributed by atoms with Crippen molar-refractivity contribution in [3.63, 3.8) is 0 Å². The second-order valence-corrected chi connectivity index (χ2v) is 6.93. The number of carbonyl (C=O) groups is 1.